The molecule has 1 aromatic heterocycles. The second-order valence-corrected chi connectivity index (χ2v) is 3.40. The van der Waals surface area contributed by atoms with Crippen molar-refractivity contribution in [3.05, 3.63) is 12.2 Å². The number of nitrogens with two attached hydrogens (primary N) is 1. The van der Waals surface area contributed by atoms with Gasteiger partial charge in [-0.2, -0.15) is 5.10 Å². The predicted octanol–water partition coefficient (Wildman–Crippen LogP) is -0.440. The smallest absolute Gasteiger partial charge is 0.217 e. The van der Waals surface area contributed by atoms with Gasteiger partial charge in [0.1, 0.15) is 12.2 Å². The Bertz CT molecular complexity index is 309. The Labute approximate surface area is 88.9 Å². The third-order valence-electron chi connectivity index (χ3n) is 2.11. The van der Waals surface area contributed by atoms with Crippen molar-refractivity contribution in [1.82, 2.24) is 20.1 Å². The van der Waals surface area contributed by atoms with Crippen molar-refractivity contribution in [3.8, 4) is 0 Å². The number of unbranched alkanes of at least 4 members (excludes halogenated alkanes) is 1. The Kier molecular flexibility index (Phi) is 4.76. The summed E-state index contributed by atoms with van der Waals surface area (Å²) in [5.74, 6) is 0.674. The minimum atomic E-state index is -0.233. The Morgan fingerprint density at radius 1 is 1.60 bits per heavy atom. The molecule has 0 atom stereocenters. The number of amides is 1. The van der Waals surface area contributed by atoms with Crippen LogP contribution in [0.2, 0.25) is 0 Å². The molecule has 0 aliphatic carbocycles. The Morgan fingerprint density at radius 2 is 2.40 bits per heavy atom. The van der Waals surface area contributed by atoms with E-state index >= 15 is 0 Å². The van der Waals surface area contributed by atoms with Crippen LogP contribution in [0.1, 0.15) is 25.1 Å². The topological polar surface area (TPSA) is 85.8 Å². The molecule has 1 heterocycles. The lowest BCUT2D eigenvalue weighted by Crippen LogP contribution is -2.18. The van der Waals surface area contributed by atoms with Gasteiger partial charge in [0.2, 0.25) is 5.91 Å². The third kappa shape index (κ3) is 4.55. The van der Waals surface area contributed by atoms with Crippen molar-refractivity contribution in [2.75, 3.05) is 6.54 Å². The van der Waals surface area contributed by atoms with Crippen LogP contribution in [-0.4, -0.2) is 27.2 Å². The molecule has 0 spiro atoms. The van der Waals surface area contributed by atoms with E-state index in [2.05, 4.69) is 15.4 Å². The lowest BCUT2D eigenvalue weighted by Gasteiger charge is -2.03. The van der Waals surface area contributed by atoms with E-state index in [9.17, 15) is 4.79 Å². The summed E-state index contributed by atoms with van der Waals surface area (Å²) in [7, 11) is 1.86. The van der Waals surface area contributed by atoms with Gasteiger partial charge in [0.25, 0.3) is 0 Å². The van der Waals surface area contributed by atoms with Crippen molar-refractivity contribution >= 4 is 5.91 Å². The molecular formula is C9H17N5O. The summed E-state index contributed by atoms with van der Waals surface area (Å²) in [6, 6.07) is 0. The monoisotopic (exact) mass is 211 g/mol. The zero-order chi connectivity index (χ0) is 11.1. The molecule has 0 fully saturated rings. The van der Waals surface area contributed by atoms with Crippen LogP contribution >= 0.6 is 0 Å². The molecule has 0 aliphatic heterocycles. The zero-order valence-electron chi connectivity index (χ0n) is 8.94. The average molecular weight is 211 g/mol. The molecule has 1 aromatic rings. The SMILES string of the molecule is Cn1ncnc1CNCCCCC(N)=O. The van der Waals surface area contributed by atoms with E-state index < -0.39 is 0 Å². The summed E-state index contributed by atoms with van der Waals surface area (Å²) in [5, 5.41) is 7.19. The maximum atomic E-state index is 10.4. The number of aryl methyl sites for hydroxylation is 1. The van der Waals surface area contributed by atoms with E-state index in [-0.39, 0.29) is 5.91 Å². The van der Waals surface area contributed by atoms with E-state index in [1.165, 1.54) is 6.33 Å². The molecule has 0 bridgehead atoms. The van der Waals surface area contributed by atoms with Crippen LogP contribution in [0.15, 0.2) is 6.33 Å². The van der Waals surface area contributed by atoms with Gasteiger partial charge in [0, 0.05) is 13.5 Å². The second kappa shape index (κ2) is 6.13. The fourth-order valence-corrected chi connectivity index (χ4v) is 1.23. The Balaban J connectivity index is 2.03. The molecule has 15 heavy (non-hydrogen) atoms. The molecule has 1 amide bonds. The molecule has 0 saturated carbocycles. The highest BCUT2D eigenvalue weighted by Gasteiger charge is 1.99. The maximum absolute atomic E-state index is 10.4. The summed E-state index contributed by atoms with van der Waals surface area (Å²) in [4.78, 5) is 14.5. The van der Waals surface area contributed by atoms with E-state index in [4.69, 9.17) is 5.73 Å². The molecule has 1 rings (SSSR count). The number of hydrogen-bond donors (Lipinski definition) is 2. The largest absolute Gasteiger partial charge is 0.370 e. The van der Waals surface area contributed by atoms with Crippen molar-refractivity contribution in [2.24, 2.45) is 12.8 Å². The van der Waals surface area contributed by atoms with E-state index in [0.717, 1.165) is 25.2 Å². The number of carbonyl (C=O) groups is 1. The first-order chi connectivity index (χ1) is 7.20. The quantitative estimate of drug-likeness (QED) is 0.599. The lowest BCUT2D eigenvalue weighted by molar-refractivity contribution is -0.118. The summed E-state index contributed by atoms with van der Waals surface area (Å²) in [6.45, 7) is 1.56. The van der Waals surface area contributed by atoms with Crippen LogP contribution < -0.4 is 11.1 Å². The number of primary amides is 1. The fraction of sp³-hybridized carbons (Fsp3) is 0.667. The molecule has 0 aromatic carbocycles. The van der Waals surface area contributed by atoms with E-state index in [1.54, 1.807) is 4.68 Å². The summed E-state index contributed by atoms with van der Waals surface area (Å²) in [5.41, 5.74) is 5.02. The molecule has 0 aliphatic rings. The van der Waals surface area contributed by atoms with Crippen molar-refractivity contribution in [3.63, 3.8) is 0 Å². The fourth-order valence-electron chi connectivity index (χ4n) is 1.23. The van der Waals surface area contributed by atoms with Gasteiger partial charge in [0.15, 0.2) is 0 Å². The molecule has 0 unspecified atom stereocenters. The summed E-state index contributed by atoms with van der Waals surface area (Å²) >= 11 is 0. The van der Waals surface area contributed by atoms with Gasteiger partial charge in [-0.1, -0.05) is 0 Å². The molecule has 3 N–H and O–H groups in total. The van der Waals surface area contributed by atoms with Crippen LogP contribution in [0.5, 0.6) is 0 Å². The zero-order valence-corrected chi connectivity index (χ0v) is 8.94. The predicted molar refractivity (Wildman–Crippen MR) is 55.8 cm³/mol. The Hall–Kier alpha value is -1.43. The minimum Gasteiger partial charge on any atom is -0.370 e. The van der Waals surface area contributed by atoms with Gasteiger partial charge in [-0.25, -0.2) is 4.98 Å². The first kappa shape index (κ1) is 11.6. The number of rotatable bonds is 7. The molecule has 0 radical (unpaired) electrons. The number of hydrogen-bond acceptors (Lipinski definition) is 4. The van der Waals surface area contributed by atoms with E-state index in [0.29, 0.717) is 13.0 Å². The molecule has 6 nitrogen and oxygen atoms in total. The first-order valence-corrected chi connectivity index (χ1v) is 5.02. The third-order valence-corrected chi connectivity index (χ3v) is 2.11. The molecule has 0 saturated heterocycles. The van der Waals surface area contributed by atoms with Crippen molar-refractivity contribution in [2.45, 2.75) is 25.8 Å². The van der Waals surface area contributed by atoms with Crippen LogP contribution in [0.3, 0.4) is 0 Å². The van der Waals surface area contributed by atoms with Crippen LogP contribution in [-0.2, 0) is 18.4 Å². The molecular weight excluding hydrogens is 194 g/mol. The van der Waals surface area contributed by atoms with Gasteiger partial charge in [-0.3, -0.25) is 9.48 Å². The molecule has 6 heteroatoms. The van der Waals surface area contributed by atoms with Crippen molar-refractivity contribution in [1.29, 1.82) is 0 Å². The van der Waals surface area contributed by atoms with E-state index in [1.807, 2.05) is 7.05 Å². The highest BCUT2D eigenvalue weighted by Crippen LogP contribution is 1.94. The number of aromatic nitrogens is 3. The highest BCUT2D eigenvalue weighted by molar-refractivity contribution is 5.73. The summed E-state index contributed by atoms with van der Waals surface area (Å²) < 4.78 is 1.73. The number of nitrogens with zero attached hydrogens (tertiary/aromatic N) is 3. The average Bonchev–Trinajstić information content (AvgIpc) is 2.57. The van der Waals surface area contributed by atoms with Crippen molar-refractivity contribution < 1.29 is 4.79 Å². The normalized spacial score (nSPS) is 10.5. The van der Waals surface area contributed by atoms with Crippen LogP contribution in [0, 0.1) is 0 Å². The molecule has 84 valence electrons. The van der Waals surface area contributed by atoms with Gasteiger partial charge < -0.3 is 11.1 Å². The lowest BCUT2D eigenvalue weighted by atomic mass is 10.2. The van der Waals surface area contributed by atoms with Gasteiger partial charge in [-0.15, -0.1) is 0 Å². The van der Waals surface area contributed by atoms with Crippen LogP contribution in [0.25, 0.3) is 0 Å². The Morgan fingerprint density at radius 3 is 3.00 bits per heavy atom. The van der Waals surface area contributed by atoms with Gasteiger partial charge in [0.05, 0.1) is 6.54 Å². The highest BCUT2D eigenvalue weighted by atomic mass is 16.1. The minimum absolute atomic E-state index is 0.233. The van der Waals surface area contributed by atoms with Gasteiger partial charge in [-0.05, 0) is 19.4 Å². The first-order valence-electron chi connectivity index (χ1n) is 5.02. The maximum Gasteiger partial charge on any atom is 0.217 e. The standard InChI is InChI=1S/C9H17N5O/c1-14-9(12-7-13-14)6-11-5-3-2-4-8(10)15/h7,11H,2-6H2,1H3,(H2,10,15). The van der Waals surface area contributed by atoms with Crippen LogP contribution in [0.4, 0.5) is 0 Å². The number of carbonyl (C=O) groups excluding carboxylic acids is 1. The van der Waals surface area contributed by atoms with Gasteiger partial charge >= 0.3 is 0 Å². The second-order valence-electron chi connectivity index (χ2n) is 3.40. The number of nitrogens with one attached hydrogen (secondary N) is 1. The summed E-state index contributed by atoms with van der Waals surface area (Å²) in [6.07, 6.45) is 3.78.